The number of likely N-dealkylation sites (N-methyl/N-ethyl adjacent to an activating group) is 1. The van der Waals surface area contributed by atoms with Crippen LogP contribution >= 0.6 is 0 Å². The van der Waals surface area contributed by atoms with Gasteiger partial charge < -0.3 is 9.88 Å². The maximum atomic E-state index is 3.61. The van der Waals surface area contributed by atoms with Crippen molar-refractivity contribution in [3.8, 4) is 0 Å². The number of nitrogens with one attached hydrogen (secondary N) is 1. The molecule has 0 amide bonds. The summed E-state index contributed by atoms with van der Waals surface area (Å²) in [5.74, 6) is 0. The van der Waals surface area contributed by atoms with Crippen LogP contribution in [0, 0.1) is 6.92 Å². The molecule has 0 bridgehead atoms. The van der Waals surface area contributed by atoms with E-state index in [1.807, 2.05) is 0 Å². The van der Waals surface area contributed by atoms with Crippen molar-refractivity contribution in [3.05, 3.63) is 35.5 Å². The number of benzene rings is 1. The maximum Gasteiger partial charge on any atom is 0.0483 e. The van der Waals surface area contributed by atoms with Gasteiger partial charge in [0, 0.05) is 42.8 Å². The van der Waals surface area contributed by atoms with Crippen LogP contribution in [-0.4, -0.2) is 35.1 Å². The van der Waals surface area contributed by atoms with Gasteiger partial charge in [-0.25, -0.2) is 0 Å². The lowest BCUT2D eigenvalue weighted by Gasteiger charge is -2.25. The third-order valence-corrected chi connectivity index (χ3v) is 4.97. The molecule has 0 aliphatic carbocycles. The van der Waals surface area contributed by atoms with Crippen LogP contribution in [0.15, 0.2) is 24.3 Å². The van der Waals surface area contributed by atoms with E-state index in [0.29, 0.717) is 6.04 Å². The highest BCUT2D eigenvalue weighted by molar-refractivity contribution is 5.85. The summed E-state index contributed by atoms with van der Waals surface area (Å²) >= 11 is 0. The summed E-state index contributed by atoms with van der Waals surface area (Å²) in [4.78, 5) is 2.57. The minimum Gasteiger partial charge on any atom is -0.346 e. The Balaban J connectivity index is 1.82. The average molecular weight is 285 g/mol. The number of nitrogens with zero attached hydrogens (tertiary/aromatic N) is 2. The molecule has 1 N–H and O–H groups in total. The zero-order valence-corrected chi connectivity index (χ0v) is 13.5. The Kier molecular flexibility index (Phi) is 4.32. The lowest BCUT2D eigenvalue weighted by atomic mass is 10.1. The first-order valence-corrected chi connectivity index (χ1v) is 8.19. The lowest BCUT2D eigenvalue weighted by Crippen LogP contribution is -2.37. The molecule has 1 aromatic heterocycles. The third-order valence-electron chi connectivity index (χ3n) is 4.97. The van der Waals surface area contributed by atoms with Gasteiger partial charge in [0.2, 0.25) is 0 Å². The first-order chi connectivity index (χ1) is 10.2. The second-order valence-corrected chi connectivity index (χ2v) is 6.27. The highest BCUT2D eigenvalue weighted by Crippen LogP contribution is 2.25. The van der Waals surface area contributed by atoms with Gasteiger partial charge >= 0.3 is 0 Å². The zero-order chi connectivity index (χ0) is 14.8. The quantitative estimate of drug-likeness (QED) is 0.911. The van der Waals surface area contributed by atoms with E-state index in [4.69, 9.17) is 0 Å². The molecule has 1 aliphatic rings. The van der Waals surface area contributed by atoms with Crippen molar-refractivity contribution in [1.29, 1.82) is 0 Å². The largest absolute Gasteiger partial charge is 0.346 e. The number of hydrogen-bond acceptors (Lipinski definition) is 2. The lowest BCUT2D eigenvalue weighted by molar-refractivity contribution is 0.248. The van der Waals surface area contributed by atoms with Gasteiger partial charge in [0.25, 0.3) is 0 Å². The average Bonchev–Trinajstić information content (AvgIpc) is 3.10. The summed E-state index contributed by atoms with van der Waals surface area (Å²) in [7, 11) is 2.20. The fraction of sp³-hybridized carbons (Fsp3) is 0.556. The Bertz CT molecular complexity index is 569. The van der Waals surface area contributed by atoms with Gasteiger partial charge in [-0.1, -0.05) is 25.1 Å². The Morgan fingerprint density at radius 2 is 2.14 bits per heavy atom. The highest BCUT2D eigenvalue weighted by atomic mass is 15.2. The van der Waals surface area contributed by atoms with Crippen LogP contribution in [-0.2, 0) is 13.6 Å². The van der Waals surface area contributed by atoms with Crippen molar-refractivity contribution >= 4 is 10.9 Å². The van der Waals surface area contributed by atoms with E-state index in [9.17, 15) is 0 Å². The Labute approximate surface area is 127 Å². The van der Waals surface area contributed by atoms with Gasteiger partial charge in [-0.15, -0.1) is 0 Å². The number of hydrogen-bond donors (Lipinski definition) is 1. The van der Waals surface area contributed by atoms with Gasteiger partial charge in [-0.05, 0) is 44.5 Å². The summed E-state index contributed by atoms with van der Waals surface area (Å²) < 4.78 is 2.37. The molecule has 0 saturated carbocycles. The Morgan fingerprint density at radius 1 is 1.33 bits per heavy atom. The first kappa shape index (κ1) is 14.6. The number of rotatable bonds is 5. The van der Waals surface area contributed by atoms with Gasteiger partial charge in [0.05, 0.1) is 0 Å². The van der Waals surface area contributed by atoms with Crippen LogP contribution in [0.3, 0.4) is 0 Å². The Hall–Kier alpha value is -1.32. The molecule has 1 unspecified atom stereocenters. The molecule has 3 heteroatoms. The predicted molar refractivity (Wildman–Crippen MR) is 89.6 cm³/mol. The summed E-state index contributed by atoms with van der Waals surface area (Å²) in [5.41, 5.74) is 4.24. The minimum absolute atomic E-state index is 0.681. The monoisotopic (exact) mass is 285 g/mol. The van der Waals surface area contributed by atoms with Crippen LogP contribution in [0.4, 0.5) is 0 Å². The Morgan fingerprint density at radius 3 is 2.81 bits per heavy atom. The molecular formula is C18H27N3. The van der Waals surface area contributed by atoms with Crippen LogP contribution in [0.1, 0.15) is 31.0 Å². The van der Waals surface area contributed by atoms with Crippen molar-refractivity contribution in [2.24, 2.45) is 7.05 Å². The molecule has 1 aliphatic heterocycles. The first-order valence-electron chi connectivity index (χ1n) is 8.19. The molecule has 3 nitrogen and oxygen atoms in total. The molecule has 1 saturated heterocycles. The SMILES string of the molecule is CCN(Cc1c(C)c2ccccc2n1C)CC1CCCN1. The van der Waals surface area contributed by atoms with E-state index in [2.05, 4.69) is 59.9 Å². The van der Waals surface area contributed by atoms with E-state index in [-0.39, 0.29) is 0 Å². The highest BCUT2D eigenvalue weighted by Gasteiger charge is 2.19. The molecular weight excluding hydrogens is 258 g/mol. The van der Waals surface area contributed by atoms with Crippen molar-refractivity contribution in [2.45, 2.75) is 39.3 Å². The maximum absolute atomic E-state index is 3.61. The minimum atomic E-state index is 0.681. The van der Waals surface area contributed by atoms with Crippen molar-refractivity contribution in [1.82, 2.24) is 14.8 Å². The van der Waals surface area contributed by atoms with Crippen LogP contribution in [0.25, 0.3) is 10.9 Å². The van der Waals surface area contributed by atoms with Crippen molar-refractivity contribution in [3.63, 3.8) is 0 Å². The predicted octanol–water partition coefficient (Wildman–Crippen LogP) is 3.06. The number of fused-ring (bicyclic) bond motifs is 1. The number of para-hydroxylation sites is 1. The normalized spacial score (nSPS) is 19.0. The van der Waals surface area contributed by atoms with E-state index in [0.717, 1.165) is 19.6 Å². The summed E-state index contributed by atoms with van der Waals surface area (Å²) in [6, 6.07) is 9.41. The molecule has 1 atom stereocenters. The van der Waals surface area contributed by atoms with Crippen molar-refractivity contribution < 1.29 is 0 Å². The zero-order valence-electron chi connectivity index (χ0n) is 13.5. The molecule has 1 aromatic carbocycles. The summed E-state index contributed by atoms with van der Waals surface area (Å²) in [5, 5.41) is 5.01. The van der Waals surface area contributed by atoms with E-state index in [1.54, 1.807) is 0 Å². The fourth-order valence-electron chi connectivity index (χ4n) is 3.60. The molecule has 2 aromatic rings. The summed E-state index contributed by atoms with van der Waals surface area (Å²) in [6.07, 6.45) is 2.65. The smallest absolute Gasteiger partial charge is 0.0483 e. The van der Waals surface area contributed by atoms with Gasteiger partial charge in [-0.2, -0.15) is 0 Å². The molecule has 3 rings (SSSR count). The molecule has 1 fully saturated rings. The molecule has 2 heterocycles. The second-order valence-electron chi connectivity index (χ2n) is 6.27. The topological polar surface area (TPSA) is 20.2 Å². The van der Waals surface area contributed by atoms with E-state index in [1.165, 1.54) is 41.5 Å². The summed E-state index contributed by atoms with van der Waals surface area (Å²) in [6.45, 7) is 9.05. The third kappa shape index (κ3) is 2.85. The van der Waals surface area contributed by atoms with E-state index < -0.39 is 0 Å². The van der Waals surface area contributed by atoms with Gasteiger partial charge in [0.1, 0.15) is 0 Å². The van der Waals surface area contributed by atoms with Gasteiger partial charge in [0.15, 0.2) is 0 Å². The van der Waals surface area contributed by atoms with E-state index >= 15 is 0 Å². The fourth-order valence-corrected chi connectivity index (χ4v) is 3.60. The molecule has 0 radical (unpaired) electrons. The second kappa shape index (κ2) is 6.20. The molecule has 21 heavy (non-hydrogen) atoms. The molecule has 114 valence electrons. The van der Waals surface area contributed by atoms with Crippen LogP contribution in [0.5, 0.6) is 0 Å². The van der Waals surface area contributed by atoms with Crippen LogP contribution < -0.4 is 5.32 Å². The number of aryl methyl sites for hydroxylation is 2. The standard InChI is InChI=1S/C18H27N3/c1-4-21(12-15-8-7-11-19-15)13-18-14(2)16-9-5-6-10-17(16)20(18)3/h5-6,9-10,15,19H,4,7-8,11-13H2,1-3H3. The van der Waals surface area contributed by atoms with Crippen LogP contribution in [0.2, 0.25) is 0 Å². The molecule has 0 spiro atoms. The number of aromatic nitrogens is 1. The van der Waals surface area contributed by atoms with Crippen molar-refractivity contribution in [2.75, 3.05) is 19.6 Å². The van der Waals surface area contributed by atoms with Gasteiger partial charge in [-0.3, -0.25) is 4.90 Å².